The molecule has 0 radical (unpaired) electrons. The summed E-state index contributed by atoms with van der Waals surface area (Å²) in [5.41, 5.74) is 2.07. The lowest BCUT2D eigenvalue weighted by Gasteiger charge is -2.33. The van der Waals surface area contributed by atoms with E-state index in [0.29, 0.717) is 37.6 Å². The summed E-state index contributed by atoms with van der Waals surface area (Å²) in [5, 5.41) is 8.97. The number of β-amino-alcohol motifs (C(OH)–C–C–N with tert-alkyl or cyclic N) is 1. The quantitative estimate of drug-likeness (QED) is 0.894. The Morgan fingerprint density at radius 3 is 2.00 bits per heavy atom. The maximum absolute atomic E-state index is 12.8. The highest BCUT2D eigenvalue weighted by atomic mass is 32.2. The Kier molecular flexibility index (Phi) is 5.30. The van der Waals surface area contributed by atoms with Gasteiger partial charge in [0.15, 0.2) is 0 Å². The van der Waals surface area contributed by atoms with Gasteiger partial charge in [0, 0.05) is 32.7 Å². The van der Waals surface area contributed by atoms with Gasteiger partial charge < -0.3 is 5.11 Å². The lowest BCUT2D eigenvalue weighted by Crippen LogP contribution is -2.49. The monoisotopic (exact) mass is 346 g/mol. The molecular weight excluding hydrogens is 324 g/mol. The topological polar surface area (TPSA) is 60.9 Å². The van der Waals surface area contributed by atoms with Gasteiger partial charge in [-0.05, 0) is 23.3 Å². The predicted octanol–water partition coefficient (Wildman–Crippen LogP) is 1.65. The van der Waals surface area contributed by atoms with E-state index < -0.39 is 10.0 Å². The summed E-state index contributed by atoms with van der Waals surface area (Å²) in [6.45, 7) is 2.93. The molecule has 24 heavy (non-hydrogen) atoms. The molecule has 1 heterocycles. The third kappa shape index (κ3) is 3.67. The minimum absolute atomic E-state index is 0.105. The third-order valence-corrected chi connectivity index (χ3v) is 6.26. The zero-order valence-corrected chi connectivity index (χ0v) is 14.3. The number of hydrogen-bond donors (Lipinski definition) is 1. The van der Waals surface area contributed by atoms with Crippen molar-refractivity contribution in [1.82, 2.24) is 9.21 Å². The van der Waals surface area contributed by atoms with Crippen molar-refractivity contribution in [3.63, 3.8) is 0 Å². The first-order valence-corrected chi connectivity index (χ1v) is 9.54. The van der Waals surface area contributed by atoms with Gasteiger partial charge in [-0.3, -0.25) is 4.90 Å². The molecule has 1 aliphatic heterocycles. The number of sulfonamides is 1. The highest BCUT2D eigenvalue weighted by Crippen LogP contribution is 2.23. The van der Waals surface area contributed by atoms with Gasteiger partial charge in [0.1, 0.15) is 0 Å². The molecule has 0 atom stereocenters. The van der Waals surface area contributed by atoms with Gasteiger partial charge in [-0.15, -0.1) is 0 Å². The first-order valence-electron chi connectivity index (χ1n) is 8.10. The Balaban J connectivity index is 1.74. The Morgan fingerprint density at radius 1 is 0.833 bits per heavy atom. The summed E-state index contributed by atoms with van der Waals surface area (Å²) in [5.74, 6) is 0. The minimum atomic E-state index is -3.46. The van der Waals surface area contributed by atoms with Crippen LogP contribution in [0.5, 0.6) is 0 Å². The zero-order chi connectivity index (χ0) is 17.0. The Bertz CT molecular complexity index is 753. The van der Waals surface area contributed by atoms with Gasteiger partial charge in [-0.1, -0.05) is 42.5 Å². The van der Waals surface area contributed by atoms with Crippen LogP contribution in [-0.4, -0.2) is 62.1 Å². The van der Waals surface area contributed by atoms with Crippen molar-refractivity contribution in [2.45, 2.75) is 4.90 Å². The van der Waals surface area contributed by atoms with Crippen LogP contribution in [0.15, 0.2) is 59.5 Å². The van der Waals surface area contributed by atoms with E-state index in [0.717, 1.165) is 11.1 Å². The Labute approximate surface area is 143 Å². The average Bonchev–Trinajstić information content (AvgIpc) is 2.63. The molecule has 1 aliphatic rings. The SMILES string of the molecule is O=S(=O)(c1ccc(-c2ccccc2)cc1)N1CCN(CCO)CC1. The van der Waals surface area contributed by atoms with Crippen molar-refractivity contribution < 1.29 is 13.5 Å². The standard InChI is InChI=1S/C18H22N2O3S/c21-15-14-19-10-12-20(13-11-19)24(22,23)18-8-6-17(7-9-18)16-4-2-1-3-5-16/h1-9,21H,10-15H2. The highest BCUT2D eigenvalue weighted by Gasteiger charge is 2.28. The van der Waals surface area contributed by atoms with Crippen LogP contribution in [0.3, 0.4) is 0 Å². The summed E-state index contributed by atoms with van der Waals surface area (Å²) in [6.07, 6.45) is 0. The maximum atomic E-state index is 12.8. The normalized spacial score (nSPS) is 17.0. The fourth-order valence-corrected chi connectivity index (χ4v) is 4.36. The lowest BCUT2D eigenvalue weighted by atomic mass is 10.1. The molecule has 1 saturated heterocycles. The molecule has 0 aromatic heterocycles. The van der Waals surface area contributed by atoms with Gasteiger partial charge in [-0.25, -0.2) is 8.42 Å². The molecule has 6 heteroatoms. The molecule has 0 bridgehead atoms. The number of rotatable bonds is 5. The molecule has 5 nitrogen and oxygen atoms in total. The van der Waals surface area contributed by atoms with Gasteiger partial charge in [0.2, 0.25) is 10.0 Å². The average molecular weight is 346 g/mol. The summed E-state index contributed by atoms with van der Waals surface area (Å²) in [7, 11) is -3.46. The van der Waals surface area contributed by atoms with Crippen molar-refractivity contribution in [3.8, 4) is 11.1 Å². The smallest absolute Gasteiger partial charge is 0.243 e. The highest BCUT2D eigenvalue weighted by molar-refractivity contribution is 7.89. The molecule has 0 spiro atoms. The van der Waals surface area contributed by atoms with Crippen molar-refractivity contribution in [2.75, 3.05) is 39.3 Å². The van der Waals surface area contributed by atoms with E-state index in [-0.39, 0.29) is 6.61 Å². The molecule has 128 valence electrons. The number of piperazine rings is 1. The first-order chi connectivity index (χ1) is 11.6. The van der Waals surface area contributed by atoms with Crippen LogP contribution < -0.4 is 0 Å². The number of nitrogens with zero attached hydrogens (tertiary/aromatic N) is 2. The summed E-state index contributed by atoms with van der Waals surface area (Å²) in [6, 6.07) is 17.0. The fraction of sp³-hybridized carbons (Fsp3) is 0.333. The van der Waals surface area contributed by atoms with E-state index in [1.165, 1.54) is 4.31 Å². The zero-order valence-electron chi connectivity index (χ0n) is 13.5. The van der Waals surface area contributed by atoms with E-state index in [2.05, 4.69) is 4.90 Å². The molecule has 0 saturated carbocycles. The van der Waals surface area contributed by atoms with Crippen molar-refractivity contribution in [3.05, 3.63) is 54.6 Å². The molecule has 0 amide bonds. The van der Waals surface area contributed by atoms with Crippen LogP contribution in [-0.2, 0) is 10.0 Å². The van der Waals surface area contributed by atoms with E-state index >= 15 is 0 Å². The largest absolute Gasteiger partial charge is 0.395 e. The molecule has 1 fully saturated rings. The van der Waals surface area contributed by atoms with E-state index in [1.54, 1.807) is 12.1 Å². The van der Waals surface area contributed by atoms with Crippen LogP contribution in [0.4, 0.5) is 0 Å². The molecule has 2 aromatic rings. The molecule has 0 aliphatic carbocycles. The number of aliphatic hydroxyl groups excluding tert-OH is 1. The van der Waals surface area contributed by atoms with Gasteiger partial charge >= 0.3 is 0 Å². The lowest BCUT2D eigenvalue weighted by molar-refractivity contribution is 0.151. The number of aliphatic hydroxyl groups is 1. The number of benzene rings is 2. The minimum Gasteiger partial charge on any atom is -0.395 e. The van der Waals surface area contributed by atoms with Crippen molar-refractivity contribution in [1.29, 1.82) is 0 Å². The van der Waals surface area contributed by atoms with Crippen LogP contribution in [0, 0.1) is 0 Å². The van der Waals surface area contributed by atoms with Gasteiger partial charge in [0.25, 0.3) is 0 Å². The Hall–Kier alpha value is -1.73. The summed E-state index contributed by atoms with van der Waals surface area (Å²) in [4.78, 5) is 2.41. The van der Waals surface area contributed by atoms with E-state index in [1.807, 2.05) is 42.5 Å². The molecular formula is C18H22N2O3S. The van der Waals surface area contributed by atoms with Crippen molar-refractivity contribution >= 4 is 10.0 Å². The first kappa shape index (κ1) is 17.1. The number of hydrogen-bond acceptors (Lipinski definition) is 4. The molecule has 0 unspecified atom stereocenters. The van der Waals surface area contributed by atoms with Gasteiger partial charge in [0.05, 0.1) is 11.5 Å². The molecule has 3 rings (SSSR count). The van der Waals surface area contributed by atoms with Crippen LogP contribution >= 0.6 is 0 Å². The summed E-state index contributed by atoms with van der Waals surface area (Å²) >= 11 is 0. The van der Waals surface area contributed by atoms with Crippen LogP contribution in [0.25, 0.3) is 11.1 Å². The second-order valence-corrected chi connectivity index (χ2v) is 7.80. The maximum Gasteiger partial charge on any atom is 0.243 e. The second-order valence-electron chi connectivity index (χ2n) is 5.86. The molecule has 2 aromatic carbocycles. The van der Waals surface area contributed by atoms with Crippen LogP contribution in [0.1, 0.15) is 0 Å². The second kappa shape index (κ2) is 7.44. The fourth-order valence-electron chi connectivity index (χ4n) is 2.93. The van der Waals surface area contributed by atoms with Gasteiger partial charge in [-0.2, -0.15) is 4.31 Å². The molecule has 1 N–H and O–H groups in total. The predicted molar refractivity (Wildman–Crippen MR) is 94.2 cm³/mol. The Morgan fingerprint density at radius 2 is 1.42 bits per heavy atom. The van der Waals surface area contributed by atoms with E-state index in [4.69, 9.17) is 5.11 Å². The van der Waals surface area contributed by atoms with Crippen LogP contribution in [0.2, 0.25) is 0 Å². The third-order valence-electron chi connectivity index (χ3n) is 4.35. The van der Waals surface area contributed by atoms with Crippen molar-refractivity contribution in [2.24, 2.45) is 0 Å². The summed E-state index contributed by atoms with van der Waals surface area (Å²) < 4.78 is 27.0. The van der Waals surface area contributed by atoms with E-state index in [9.17, 15) is 8.42 Å².